The van der Waals surface area contributed by atoms with Crippen LogP contribution >= 0.6 is 23.4 Å². The third-order valence-corrected chi connectivity index (χ3v) is 7.64. The lowest BCUT2D eigenvalue weighted by atomic mass is 9.99. The van der Waals surface area contributed by atoms with E-state index >= 15 is 0 Å². The zero-order valence-electron chi connectivity index (χ0n) is 24.1. The number of halogens is 4. The van der Waals surface area contributed by atoms with Crippen molar-refractivity contribution in [3.05, 3.63) is 89.0 Å². The highest BCUT2D eigenvalue weighted by Gasteiger charge is 2.33. The zero-order chi connectivity index (χ0) is 32.3. The number of nitrogens with zero attached hydrogens (tertiary/aromatic N) is 5. The molecule has 1 saturated heterocycles. The van der Waals surface area contributed by atoms with Gasteiger partial charge in [-0.1, -0.05) is 49.3 Å². The molecule has 10 nitrogen and oxygen atoms in total. The summed E-state index contributed by atoms with van der Waals surface area (Å²) in [5.74, 6) is 0.411. The number of amidine groups is 1. The molecule has 1 fully saturated rings. The Morgan fingerprint density at radius 1 is 1.13 bits per heavy atom. The number of aromatic nitrogens is 3. The van der Waals surface area contributed by atoms with Crippen LogP contribution in [0.15, 0.2) is 72.0 Å². The number of nitrogens with one attached hydrogen (secondary N) is 1. The Morgan fingerprint density at radius 3 is 2.58 bits per heavy atom. The van der Waals surface area contributed by atoms with Crippen LogP contribution < -0.4 is 19.7 Å². The fourth-order valence-corrected chi connectivity index (χ4v) is 5.48. The molecule has 1 aliphatic rings. The van der Waals surface area contributed by atoms with E-state index in [1.54, 1.807) is 12.1 Å². The van der Waals surface area contributed by atoms with E-state index in [1.807, 2.05) is 39.0 Å². The summed E-state index contributed by atoms with van der Waals surface area (Å²) in [5.41, 5.74) is 3.50. The van der Waals surface area contributed by atoms with E-state index in [-0.39, 0.29) is 45.9 Å². The van der Waals surface area contributed by atoms with Crippen LogP contribution in [0.1, 0.15) is 36.7 Å². The van der Waals surface area contributed by atoms with Gasteiger partial charge in [-0.3, -0.25) is 9.69 Å². The van der Waals surface area contributed by atoms with E-state index in [0.717, 1.165) is 11.1 Å². The van der Waals surface area contributed by atoms with Crippen LogP contribution in [-0.2, 0) is 11.4 Å². The maximum atomic E-state index is 12.8. The molecule has 0 atom stereocenters. The molecule has 15 heteroatoms. The molecule has 0 saturated carbocycles. The monoisotopic (exact) mass is 658 g/mol. The predicted octanol–water partition coefficient (Wildman–Crippen LogP) is 7.50. The van der Waals surface area contributed by atoms with Gasteiger partial charge in [0.15, 0.2) is 11.0 Å². The third kappa shape index (κ3) is 7.94. The average molecular weight is 659 g/mol. The first-order valence-corrected chi connectivity index (χ1v) is 14.9. The molecule has 0 aliphatic carbocycles. The highest BCUT2D eigenvalue weighted by atomic mass is 35.5. The van der Waals surface area contributed by atoms with Gasteiger partial charge in [0.1, 0.15) is 24.4 Å². The largest absolute Gasteiger partial charge is 0.573 e. The smallest absolute Gasteiger partial charge is 0.484 e. The van der Waals surface area contributed by atoms with E-state index in [1.165, 1.54) is 58.0 Å². The van der Waals surface area contributed by atoms with Crippen LogP contribution in [0, 0.1) is 6.92 Å². The van der Waals surface area contributed by atoms with Gasteiger partial charge in [0, 0.05) is 5.69 Å². The van der Waals surface area contributed by atoms with Gasteiger partial charge >= 0.3 is 12.4 Å². The highest BCUT2D eigenvalue weighted by molar-refractivity contribution is 8.15. The minimum Gasteiger partial charge on any atom is -0.484 e. The first kappa shape index (κ1) is 31.9. The summed E-state index contributed by atoms with van der Waals surface area (Å²) < 4.78 is 48.1. The predicted molar refractivity (Wildman–Crippen MR) is 165 cm³/mol. The van der Waals surface area contributed by atoms with Gasteiger partial charge in [-0.2, -0.15) is 4.99 Å². The molecule has 3 amide bonds. The molecule has 1 aliphatic heterocycles. The summed E-state index contributed by atoms with van der Waals surface area (Å²) in [6, 6.07) is 15.0. The highest BCUT2D eigenvalue weighted by Crippen LogP contribution is 2.34. The van der Waals surface area contributed by atoms with Crippen molar-refractivity contribution in [3.63, 3.8) is 0 Å². The Kier molecular flexibility index (Phi) is 9.34. The third-order valence-electron chi connectivity index (χ3n) is 6.43. The number of aryl methyl sites for hydroxylation is 1. The first-order valence-electron chi connectivity index (χ1n) is 13.5. The van der Waals surface area contributed by atoms with Gasteiger partial charge in [-0.05, 0) is 72.5 Å². The van der Waals surface area contributed by atoms with Crippen LogP contribution in [-0.4, -0.2) is 44.0 Å². The van der Waals surface area contributed by atoms with Gasteiger partial charge < -0.3 is 14.8 Å². The molecule has 0 unspecified atom stereocenters. The number of anilines is 2. The van der Waals surface area contributed by atoms with E-state index in [4.69, 9.17) is 16.3 Å². The number of amides is 3. The summed E-state index contributed by atoms with van der Waals surface area (Å²) >= 11 is 7.58. The van der Waals surface area contributed by atoms with Crippen molar-refractivity contribution in [2.24, 2.45) is 4.99 Å². The quantitative estimate of drug-likeness (QED) is 0.209. The van der Waals surface area contributed by atoms with Crippen LogP contribution in [0.4, 0.5) is 29.3 Å². The molecule has 2 heterocycles. The number of carbonyl (C=O) groups excluding carboxylic acids is 2. The summed E-state index contributed by atoms with van der Waals surface area (Å²) in [4.78, 5) is 35.4. The van der Waals surface area contributed by atoms with Gasteiger partial charge in [-0.25, -0.2) is 14.5 Å². The molecule has 4 aromatic rings. The van der Waals surface area contributed by atoms with Gasteiger partial charge in [-0.15, -0.1) is 18.3 Å². The summed E-state index contributed by atoms with van der Waals surface area (Å²) in [6.45, 7) is 5.95. The molecule has 0 bridgehead atoms. The second-order valence-electron chi connectivity index (χ2n) is 10.1. The number of alkyl halides is 3. The van der Waals surface area contributed by atoms with E-state index in [2.05, 4.69) is 25.1 Å². The van der Waals surface area contributed by atoms with Crippen molar-refractivity contribution in [2.75, 3.05) is 16.0 Å². The van der Waals surface area contributed by atoms with Crippen LogP contribution in [0.5, 0.6) is 11.5 Å². The lowest BCUT2D eigenvalue weighted by Gasteiger charge is -2.22. The Labute approximate surface area is 265 Å². The normalized spacial score (nSPS) is 14.4. The number of carbonyl (C=O) groups is 2. The second-order valence-corrected chi connectivity index (χ2v) is 11.5. The first-order chi connectivity index (χ1) is 21.4. The summed E-state index contributed by atoms with van der Waals surface area (Å²) in [6.07, 6.45) is -3.39. The molecule has 1 N–H and O–H groups in total. The van der Waals surface area contributed by atoms with Crippen molar-refractivity contribution < 1.29 is 32.2 Å². The SMILES string of the molecule is Cc1ccc(C(C)C)c(N2C(=O)CSC2=NC(=O)Nc2ccc(OCc3ncn(-c4ccc(OC(F)(F)F)cc4)n3)c(Cl)c2)c1. The number of benzene rings is 3. The second kappa shape index (κ2) is 13.2. The lowest BCUT2D eigenvalue weighted by molar-refractivity contribution is -0.274. The minimum absolute atomic E-state index is 0.0558. The van der Waals surface area contributed by atoms with Crippen LogP contribution in [0.3, 0.4) is 0 Å². The summed E-state index contributed by atoms with van der Waals surface area (Å²) in [5, 5.41) is 7.42. The Bertz CT molecular complexity index is 1760. The number of hydrogen-bond donors (Lipinski definition) is 1. The number of urea groups is 1. The molecule has 234 valence electrons. The maximum absolute atomic E-state index is 12.8. The molecular weight excluding hydrogens is 633 g/mol. The van der Waals surface area contributed by atoms with Crippen molar-refractivity contribution in [1.82, 2.24) is 14.8 Å². The molecule has 3 aromatic carbocycles. The van der Waals surface area contributed by atoms with Crippen LogP contribution in [0.25, 0.3) is 5.69 Å². The van der Waals surface area contributed by atoms with E-state index < -0.39 is 12.4 Å². The number of rotatable bonds is 8. The fourth-order valence-electron chi connectivity index (χ4n) is 4.38. The standard InChI is InChI=1S/C30H26ClF3N6O4S/c1-17(2)22-10-4-18(3)12-24(22)40-27(41)15-45-29(40)37-28(42)36-19-5-11-25(23(31)13-19)43-14-26-35-16-39(38-26)20-6-8-21(9-7-20)44-30(32,33)34/h4-13,16-17H,14-15H2,1-3H3,(H,36,42). The van der Waals surface area contributed by atoms with E-state index in [0.29, 0.717) is 22.8 Å². The number of hydrogen-bond acceptors (Lipinski definition) is 7. The van der Waals surface area contributed by atoms with Crippen molar-refractivity contribution >= 4 is 51.8 Å². The van der Waals surface area contributed by atoms with Crippen LogP contribution in [0.2, 0.25) is 5.02 Å². The molecule has 5 rings (SSSR count). The molecule has 45 heavy (non-hydrogen) atoms. The lowest BCUT2D eigenvalue weighted by Crippen LogP contribution is -2.31. The van der Waals surface area contributed by atoms with Crippen molar-refractivity contribution in [2.45, 2.75) is 39.7 Å². The summed E-state index contributed by atoms with van der Waals surface area (Å²) in [7, 11) is 0. The van der Waals surface area contributed by atoms with Crippen molar-refractivity contribution in [1.29, 1.82) is 0 Å². The van der Waals surface area contributed by atoms with Gasteiger partial charge in [0.2, 0.25) is 5.91 Å². The average Bonchev–Trinajstić information content (AvgIpc) is 3.58. The number of thioether (sulfide) groups is 1. The molecule has 0 spiro atoms. The minimum atomic E-state index is -4.78. The Morgan fingerprint density at radius 2 is 1.89 bits per heavy atom. The molecule has 1 aromatic heterocycles. The number of ether oxygens (including phenoxy) is 2. The van der Waals surface area contributed by atoms with Gasteiger partial charge in [0.05, 0.1) is 22.2 Å². The maximum Gasteiger partial charge on any atom is 0.573 e. The van der Waals surface area contributed by atoms with Crippen molar-refractivity contribution in [3.8, 4) is 17.2 Å². The fraction of sp³-hybridized carbons (Fsp3) is 0.233. The molecular formula is C30H26ClF3N6O4S. The number of aliphatic imine (C=N–C) groups is 1. The van der Waals surface area contributed by atoms with E-state index in [9.17, 15) is 22.8 Å². The topological polar surface area (TPSA) is 111 Å². The van der Waals surface area contributed by atoms with Gasteiger partial charge in [0.25, 0.3) is 0 Å². The molecule has 0 radical (unpaired) electrons. The zero-order valence-corrected chi connectivity index (χ0v) is 25.7. The Balaban J connectivity index is 1.21. The Hall–Kier alpha value is -4.56.